The summed E-state index contributed by atoms with van der Waals surface area (Å²) < 4.78 is 0. The van der Waals surface area contributed by atoms with Crippen molar-refractivity contribution in [1.82, 2.24) is 0 Å². The first kappa shape index (κ1) is 6.56. The fraction of sp³-hybridized carbons (Fsp3) is 1.00. The van der Waals surface area contributed by atoms with E-state index in [0.717, 1.165) is 0 Å². The lowest BCUT2D eigenvalue weighted by Gasteiger charge is -1.88. The van der Waals surface area contributed by atoms with Gasteiger partial charge in [0.15, 0.2) is 6.23 Å². The van der Waals surface area contributed by atoms with Crippen molar-refractivity contribution in [2.24, 2.45) is 10.2 Å². The Hall–Kier alpha value is -0.440. The van der Waals surface area contributed by atoms with Crippen molar-refractivity contribution in [3.8, 4) is 0 Å². The normalized spacial score (nSPS) is 15.3. The summed E-state index contributed by atoms with van der Waals surface area (Å²) in [5.74, 6) is 0. The molecule has 0 saturated heterocycles. The predicted molar refractivity (Wildman–Crippen MR) is 27.1 cm³/mol. The van der Waals surface area contributed by atoms with Gasteiger partial charge in [0.05, 0.1) is 6.54 Å². The van der Waals surface area contributed by atoms with Crippen LogP contribution in [-0.2, 0) is 0 Å². The van der Waals surface area contributed by atoms with Gasteiger partial charge in [0.2, 0.25) is 0 Å². The van der Waals surface area contributed by atoms with Gasteiger partial charge in [-0.1, -0.05) is 0 Å². The zero-order chi connectivity index (χ0) is 5.70. The molecule has 1 unspecified atom stereocenters. The molecule has 0 aromatic rings. The minimum absolute atomic E-state index is 0.639. The monoisotopic (exact) mass is 102 g/mol. The van der Waals surface area contributed by atoms with Crippen molar-refractivity contribution in [3.63, 3.8) is 0 Å². The van der Waals surface area contributed by atoms with Gasteiger partial charge in [0.25, 0.3) is 0 Å². The first-order valence-corrected chi connectivity index (χ1v) is 2.32. The maximum atomic E-state index is 8.42. The highest BCUT2D eigenvalue weighted by Crippen LogP contribution is 1.81. The van der Waals surface area contributed by atoms with Gasteiger partial charge in [-0.15, -0.1) is 0 Å². The van der Waals surface area contributed by atoms with Crippen LogP contribution in [0.2, 0.25) is 0 Å². The summed E-state index contributed by atoms with van der Waals surface area (Å²) in [6.07, 6.45) is -0.639. The van der Waals surface area contributed by atoms with Crippen molar-refractivity contribution >= 4 is 0 Å². The number of hydrogen-bond donors (Lipinski definition) is 1. The molecular weight excluding hydrogens is 92.1 g/mol. The van der Waals surface area contributed by atoms with E-state index in [1.807, 2.05) is 6.92 Å². The second-order valence-electron chi connectivity index (χ2n) is 1.20. The van der Waals surface area contributed by atoms with E-state index in [2.05, 4.69) is 10.2 Å². The molecule has 3 heteroatoms. The fourth-order valence-electron chi connectivity index (χ4n) is 0.200. The largest absolute Gasteiger partial charge is 0.370 e. The van der Waals surface area contributed by atoms with Crippen LogP contribution in [0.15, 0.2) is 10.2 Å². The average molecular weight is 102 g/mol. The molecule has 0 heterocycles. The molecule has 0 aromatic carbocycles. The number of aliphatic hydroxyl groups excluding tert-OH is 1. The van der Waals surface area contributed by atoms with Crippen molar-refractivity contribution in [3.05, 3.63) is 0 Å². The van der Waals surface area contributed by atoms with Crippen LogP contribution in [0.25, 0.3) is 0 Å². The second kappa shape index (κ2) is 3.74. The van der Waals surface area contributed by atoms with Gasteiger partial charge >= 0.3 is 0 Å². The highest BCUT2D eigenvalue weighted by Gasteiger charge is 1.81. The van der Waals surface area contributed by atoms with Gasteiger partial charge in [0, 0.05) is 0 Å². The number of aliphatic hydroxyl groups is 1. The highest BCUT2D eigenvalue weighted by atomic mass is 16.3. The summed E-state index contributed by atoms with van der Waals surface area (Å²) in [5.41, 5.74) is 0. The summed E-state index contributed by atoms with van der Waals surface area (Å²) in [4.78, 5) is 0. The quantitative estimate of drug-likeness (QED) is 0.515. The molecule has 0 saturated carbocycles. The van der Waals surface area contributed by atoms with Gasteiger partial charge in [-0.3, -0.25) is 0 Å². The SMILES string of the molecule is CCN=NC(C)O. The molecule has 7 heavy (non-hydrogen) atoms. The van der Waals surface area contributed by atoms with E-state index in [9.17, 15) is 0 Å². The smallest absolute Gasteiger partial charge is 0.162 e. The lowest BCUT2D eigenvalue weighted by Crippen LogP contribution is -1.90. The molecule has 1 atom stereocenters. The summed E-state index contributed by atoms with van der Waals surface area (Å²) in [6.45, 7) is 4.08. The van der Waals surface area contributed by atoms with E-state index in [-0.39, 0.29) is 0 Å². The first-order chi connectivity index (χ1) is 3.27. The second-order valence-corrected chi connectivity index (χ2v) is 1.20. The van der Waals surface area contributed by atoms with E-state index in [0.29, 0.717) is 6.54 Å². The molecule has 0 spiro atoms. The van der Waals surface area contributed by atoms with E-state index in [1.54, 1.807) is 6.92 Å². The molecule has 0 fully saturated rings. The zero-order valence-corrected chi connectivity index (χ0v) is 4.63. The van der Waals surface area contributed by atoms with Crippen molar-refractivity contribution in [2.75, 3.05) is 6.54 Å². The number of rotatable bonds is 2. The van der Waals surface area contributed by atoms with Crippen molar-refractivity contribution in [2.45, 2.75) is 20.1 Å². The van der Waals surface area contributed by atoms with Crippen LogP contribution in [0.1, 0.15) is 13.8 Å². The van der Waals surface area contributed by atoms with E-state index in [4.69, 9.17) is 5.11 Å². The molecule has 42 valence electrons. The molecule has 0 aliphatic heterocycles. The van der Waals surface area contributed by atoms with E-state index >= 15 is 0 Å². The first-order valence-electron chi connectivity index (χ1n) is 2.32. The third-order valence-electron chi connectivity index (χ3n) is 0.390. The Kier molecular flexibility index (Phi) is 3.50. The van der Waals surface area contributed by atoms with Crippen LogP contribution in [0, 0.1) is 0 Å². The molecule has 0 amide bonds. The number of nitrogens with zero attached hydrogens (tertiary/aromatic N) is 2. The standard InChI is InChI=1S/C4H10N2O/c1-3-5-6-4(2)7/h4,7H,3H2,1-2H3. The maximum absolute atomic E-state index is 8.42. The van der Waals surface area contributed by atoms with Crippen LogP contribution in [0.5, 0.6) is 0 Å². The highest BCUT2D eigenvalue weighted by molar-refractivity contribution is 4.32. The Labute approximate surface area is 43.1 Å². The number of hydrogen-bond acceptors (Lipinski definition) is 3. The Balaban J connectivity index is 3.08. The number of azo groups is 1. The lowest BCUT2D eigenvalue weighted by molar-refractivity contribution is 0.196. The molecule has 0 aliphatic rings. The minimum atomic E-state index is -0.639. The molecule has 0 radical (unpaired) electrons. The minimum Gasteiger partial charge on any atom is -0.370 e. The molecule has 0 aliphatic carbocycles. The molecule has 0 rings (SSSR count). The van der Waals surface area contributed by atoms with Crippen LogP contribution in [-0.4, -0.2) is 17.9 Å². The van der Waals surface area contributed by atoms with Gasteiger partial charge in [-0.05, 0) is 13.8 Å². The third kappa shape index (κ3) is 5.56. The van der Waals surface area contributed by atoms with Crippen LogP contribution >= 0.6 is 0 Å². The molecule has 1 N–H and O–H groups in total. The summed E-state index contributed by atoms with van der Waals surface area (Å²) in [7, 11) is 0. The van der Waals surface area contributed by atoms with Crippen molar-refractivity contribution < 1.29 is 5.11 Å². The predicted octanol–water partition coefficient (Wildman–Crippen LogP) is 0.797. The topological polar surface area (TPSA) is 45.0 Å². The van der Waals surface area contributed by atoms with Crippen LogP contribution in [0.4, 0.5) is 0 Å². The van der Waals surface area contributed by atoms with Gasteiger partial charge in [-0.25, -0.2) is 0 Å². The molecule has 3 nitrogen and oxygen atoms in total. The van der Waals surface area contributed by atoms with Crippen LogP contribution < -0.4 is 0 Å². The van der Waals surface area contributed by atoms with E-state index < -0.39 is 6.23 Å². The van der Waals surface area contributed by atoms with Gasteiger partial charge < -0.3 is 5.11 Å². The van der Waals surface area contributed by atoms with Crippen molar-refractivity contribution in [1.29, 1.82) is 0 Å². The molecular formula is C4H10N2O. The molecule has 0 bridgehead atoms. The van der Waals surface area contributed by atoms with Crippen LogP contribution in [0.3, 0.4) is 0 Å². The summed E-state index contributed by atoms with van der Waals surface area (Å²) in [6, 6.07) is 0. The Bertz CT molecular complexity index is 60.7. The van der Waals surface area contributed by atoms with Gasteiger partial charge in [-0.2, -0.15) is 10.2 Å². The summed E-state index contributed by atoms with van der Waals surface area (Å²) >= 11 is 0. The third-order valence-corrected chi connectivity index (χ3v) is 0.390. The zero-order valence-electron chi connectivity index (χ0n) is 4.63. The lowest BCUT2D eigenvalue weighted by atomic mass is 10.7. The van der Waals surface area contributed by atoms with E-state index in [1.165, 1.54) is 0 Å². The van der Waals surface area contributed by atoms with Gasteiger partial charge in [0.1, 0.15) is 0 Å². The Morgan fingerprint density at radius 2 is 2.29 bits per heavy atom. The fourth-order valence-corrected chi connectivity index (χ4v) is 0.200. The maximum Gasteiger partial charge on any atom is 0.162 e. The Morgan fingerprint density at radius 1 is 1.71 bits per heavy atom. The average Bonchev–Trinajstić information content (AvgIpc) is 1.61. The Morgan fingerprint density at radius 3 is 2.43 bits per heavy atom. The summed E-state index contributed by atoms with van der Waals surface area (Å²) in [5, 5.41) is 15.4. The molecule has 0 aromatic heterocycles.